The quantitative estimate of drug-likeness (QED) is 0.876. The van der Waals surface area contributed by atoms with E-state index in [1.54, 1.807) is 11.3 Å². The first-order valence-corrected chi connectivity index (χ1v) is 7.59. The van der Waals surface area contributed by atoms with Crippen molar-refractivity contribution in [2.24, 2.45) is 0 Å². The Labute approximate surface area is 115 Å². The smallest absolute Gasteiger partial charge is 0.316 e. The van der Waals surface area contributed by atoms with Crippen molar-refractivity contribution in [1.82, 2.24) is 0 Å². The molecule has 0 aliphatic rings. The highest BCUT2D eigenvalue weighted by molar-refractivity contribution is 7.99. The van der Waals surface area contributed by atoms with E-state index in [4.69, 9.17) is 0 Å². The lowest BCUT2D eigenvalue weighted by molar-refractivity contribution is -0.136. The van der Waals surface area contributed by atoms with Crippen molar-refractivity contribution in [3.05, 3.63) is 58.3 Å². The summed E-state index contributed by atoms with van der Waals surface area (Å²) < 4.78 is 0. The summed E-state index contributed by atoms with van der Waals surface area (Å²) in [6.07, 6.45) is 0.576. The highest BCUT2D eigenvalue weighted by atomic mass is 32.2. The molecule has 0 saturated carbocycles. The van der Waals surface area contributed by atoms with Crippen molar-refractivity contribution in [3.8, 4) is 0 Å². The maximum Gasteiger partial charge on any atom is 0.316 e. The summed E-state index contributed by atoms with van der Waals surface area (Å²) in [5.74, 6) is 0.0296. The van der Waals surface area contributed by atoms with Crippen LogP contribution in [0.1, 0.15) is 10.4 Å². The number of thiophene rings is 1. The van der Waals surface area contributed by atoms with Gasteiger partial charge in [0, 0.05) is 10.6 Å². The Bertz CT molecular complexity index is 480. The van der Waals surface area contributed by atoms with Gasteiger partial charge in [0.2, 0.25) is 0 Å². The Morgan fingerprint density at radius 2 is 2.00 bits per heavy atom. The van der Waals surface area contributed by atoms with Crippen molar-refractivity contribution in [2.75, 3.05) is 0 Å². The normalized spacial score (nSPS) is 12.2. The van der Waals surface area contributed by atoms with Gasteiger partial charge in [-0.2, -0.15) is 0 Å². The molecule has 1 aromatic heterocycles. The molecule has 0 bridgehead atoms. The number of benzene rings is 1. The summed E-state index contributed by atoms with van der Waals surface area (Å²) in [6.45, 7) is 0. The van der Waals surface area contributed by atoms with E-state index in [-0.39, 0.29) is 5.25 Å². The number of thioether (sulfide) groups is 1. The van der Waals surface area contributed by atoms with Crippen molar-refractivity contribution in [2.45, 2.75) is 17.4 Å². The lowest BCUT2D eigenvalue weighted by atomic mass is 10.1. The van der Waals surface area contributed by atoms with Gasteiger partial charge in [-0.1, -0.05) is 36.4 Å². The number of carboxylic acids is 1. The summed E-state index contributed by atoms with van der Waals surface area (Å²) in [5.41, 5.74) is 1.07. The van der Waals surface area contributed by atoms with Crippen LogP contribution >= 0.6 is 23.1 Å². The number of hydrogen-bond donors (Lipinski definition) is 1. The molecule has 1 N–H and O–H groups in total. The van der Waals surface area contributed by atoms with Crippen LogP contribution < -0.4 is 0 Å². The Balaban J connectivity index is 1.94. The first-order chi connectivity index (χ1) is 8.75. The van der Waals surface area contributed by atoms with Crippen LogP contribution in [0.2, 0.25) is 0 Å². The van der Waals surface area contributed by atoms with E-state index in [0.717, 1.165) is 11.3 Å². The molecule has 2 aromatic rings. The first-order valence-electron chi connectivity index (χ1n) is 5.66. The molecule has 0 amide bonds. The molecule has 18 heavy (non-hydrogen) atoms. The average Bonchev–Trinajstić information content (AvgIpc) is 2.88. The van der Waals surface area contributed by atoms with Gasteiger partial charge in [0.05, 0.1) is 0 Å². The fourth-order valence-electron chi connectivity index (χ4n) is 1.62. The van der Waals surface area contributed by atoms with Gasteiger partial charge in [0.1, 0.15) is 5.25 Å². The minimum atomic E-state index is -0.736. The van der Waals surface area contributed by atoms with E-state index >= 15 is 0 Å². The Kier molecular flexibility index (Phi) is 4.84. The van der Waals surface area contributed by atoms with Crippen LogP contribution in [0.3, 0.4) is 0 Å². The van der Waals surface area contributed by atoms with Gasteiger partial charge >= 0.3 is 5.97 Å². The molecular weight excluding hydrogens is 264 g/mol. The minimum absolute atomic E-state index is 0.380. The van der Waals surface area contributed by atoms with E-state index in [1.807, 2.05) is 47.8 Å². The van der Waals surface area contributed by atoms with Crippen molar-refractivity contribution in [1.29, 1.82) is 0 Å². The lowest BCUT2D eigenvalue weighted by Crippen LogP contribution is -2.19. The largest absolute Gasteiger partial charge is 0.480 e. The minimum Gasteiger partial charge on any atom is -0.480 e. The van der Waals surface area contributed by atoms with Crippen LogP contribution in [-0.2, 0) is 17.0 Å². The molecule has 0 aliphatic carbocycles. The van der Waals surface area contributed by atoms with Crippen molar-refractivity contribution < 1.29 is 9.90 Å². The van der Waals surface area contributed by atoms with Crippen LogP contribution in [-0.4, -0.2) is 16.3 Å². The third kappa shape index (κ3) is 3.89. The van der Waals surface area contributed by atoms with Crippen LogP contribution in [0, 0.1) is 0 Å². The van der Waals surface area contributed by atoms with Gasteiger partial charge in [-0.3, -0.25) is 4.79 Å². The van der Waals surface area contributed by atoms with Gasteiger partial charge in [0.15, 0.2) is 0 Å². The molecule has 94 valence electrons. The van der Waals surface area contributed by atoms with Crippen LogP contribution in [0.4, 0.5) is 0 Å². The average molecular weight is 278 g/mol. The number of rotatable bonds is 6. The second-order valence-electron chi connectivity index (χ2n) is 3.91. The first kappa shape index (κ1) is 13.2. The van der Waals surface area contributed by atoms with Gasteiger partial charge in [-0.15, -0.1) is 23.1 Å². The summed E-state index contributed by atoms with van der Waals surface area (Å²) in [5, 5.41) is 10.9. The van der Waals surface area contributed by atoms with E-state index in [0.29, 0.717) is 6.42 Å². The summed E-state index contributed by atoms with van der Waals surface area (Å²) >= 11 is 3.16. The SMILES string of the molecule is O=C(O)C(Cc1ccccc1)SCc1cccs1. The molecule has 1 unspecified atom stereocenters. The number of carbonyl (C=O) groups is 1. The molecule has 0 radical (unpaired) electrons. The van der Waals surface area contributed by atoms with E-state index in [2.05, 4.69) is 0 Å². The van der Waals surface area contributed by atoms with Gasteiger partial charge in [0.25, 0.3) is 0 Å². The molecular formula is C14H14O2S2. The lowest BCUT2D eigenvalue weighted by Gasteiger charge is -2.11. The second kappa shape index (κ2) is 6.61. The second-order valence-corrected chi connectivity index (χ2v) is 6.13. The van der Waals surface area contributed by atoms with E-state index in [9.17, 15) is 9.90 Å². The third-order valence-corrected chi connectivity index (χ3v) is 4.85. The summed E-state index contributed by atoms with van der Waals surface area (Å²) in [4.78, 5) is 12.5. The molecule has 2 nitrogen and oxygen atoms in total. The Hall–Kier alpha value is -1.26. The number of aliphatic carboxylic acids is 1. The van der Waals surface area contributed by atoms with Crippen LogP contribution in [0.5, 0.6) is 0 Å². The molecule has 0 fully saturated rings. The van der Waals surface area contributed by atoms with Crippen LogP contribution in [0.15, 0.2) is 47.8 Å². The predicted molar refractivity (Wildman–Crippen MR) is 77.2 cm³/mol. The van der Waals surface area contributed by atoms with E-state index in [1.165, 1.54) is 16.6 Å². The van der Waals surface area contributed by atoms with Gasteiger partial charge in [-0.25, -0.2) is 0 Å². The molecule has 1 atom stereocenters. The summed E-state index contributed by atoms with van der Waals surface area (Å²) in [7, 11) is 0. The maximum absolute atomic E-state index is 11.2. The van der Waals surface area contributed by atoms with E-state index < -0.39 is 5.97 Å². The molecule has 2 rings (SSSR count). The van der Waals surface area contributed by atoms with Gasteiger partial charge in [-0.05, 0) is 23.4 Å². The number of carboxylic acid groups (broad SMARTS) is 1. The molecule has 1 heterocycles. The fraction of sp³-hybridized carbons (Fsp3) is 0.214. The van der Waals surface area contributed by atoms with Gasteiger partial charge < -0.3 is 5.11 Å². The fourth-order valence-corrected chi connectivity index (χ4v) is 3.50. The molecule has 0 saturated heterocycles. The maximum atomic E-state index is 11.2. The van der Waals surface area contributed by atoms with Crippen molar-refractivity contribution >= 4 is 29.1 Å². The molecule has 0 spiro atoms. The summed E-state index contributed by atoms with van der Waals surface area (Å²) in [6, 6.07) is 13.8. The zero-order chi connectivity index (χ0) is 12.8. The standard InChI is InChI=1S/C14H14O2S2/c15-14(16)13(9-11-5-2-1-3-6-11)18-10-12-7-4-8-17-12/h1-8,13H,9-10H2,(H,15,16). The highest BCUT2D eigenvalue weighted by Gasteiger charge is 2.18. The monoisotopic (exact) mass is 278 g/mol. The molecule has 4 heteroatoms. The Morgan fingerprint density at radius 1 is 1.22 bits per heavy atom. The van der Waals surface area contributed by atoms with Crippen molar-refractivity contribution in [3.63, 3.8) is 0 Å². The zero-order valence-electron chi connectivity index (χ0n) is 9.78. The Morgan fingerprint density at radius 3 is 2.61 bits per heavy atom. The highest BCUT2D eigenvalue weighted by Crippen LogP contribution is 2.23. The molecule has 0 aliphatic heterocycles. The molecule has 1 aromatic carbocycles. The topological polar surface area (TPSA) is 37.3 Å². The third-order valence-electron chi connectivity index (χ3n) is 2.55. The predicted octanol–water partition coefficient (Wildman–Crippen LogP) is 3.68. The zero-order valence-corrected chi connectivity index (χ0v) is 11.4. The van der Waals surface area contributed by atoms with Crippen LogP contribution in [0.25, 0.3) is 0 Å². The number of hydrogen-bond acceptors (Lipinski definition) is 3.